The van der Waals surface area contributed by atoms with Gasteiger partial charge < -0.3 is 5.32 Å². The van der Waals surface area contributed by atoms with Crippen LogP contribution in [0.1, 0.15) is 45.2 Å². The third kappa shape index (κ3) is 5.12. The topological polar surface area (TPSA) is 15.3 Å². The van der Waals surface area contributed by atoms with E-state index in [1.54, 1.807) is 0 Å². The summed E-state index contributed by atoms with van der Waals surface area (Å²) in [5, 5.41) is 3.38. The van der Waals surface area contributed by atoms with Crippen molar-refractivity contribution in [3.8, 4) is 0 Å². The van der Waals surface area contributed by atoms with Crippen LogP contribution >= 0.6 is 0 Å². The van der Waals surface area contributed by atoms with E-state index < -0.39 is 0 Å². The summed E-state index contributed by atoms with van der Waals surface area (Å²) in [6, 6.07) is 9.21. The number of hydrogen-bond donors (Lipinski definition) is 1. The molecule has 0 aliphatic carbocycles. The van der Waals surface area contributed by atoms with Crippen molar-refractivity contribution in [2.24, 2.45) is 11.3 Å². The molecule has 1 aliphatic heterocycles. The Balaban J connectivity index is 1.81. The van der Waals surface area contributed by atoms with Crippen LogP contribution in [0.4, 0.5) is 0 Å². The van der Waals surface area contributed by atoms with Crippen LogP contribution in [0.3, 0.4) is 0 Å². The number of rotatable bonds is 6. The van der Waals surface area contributed by atoms with Crippen molar-refractivity contribution in [3.05, 3.63) is 35.4 Å². The Kier molecular flexibility index (Phi) is 5.83. The van der Waals surface area contributed by atoms with Gasteiger partial charge in [0.15, 0.2) is 0 Å². The molecule has 0 radical (unpaired) electrons. The highest BCUT2D eigenvalue weighted by Crippen LogP contribution is 2.34. The van der Waals surface area contributed by atoms with E-state index >= 15 is 0 Å². The van der Waals surface area contributed by atoms with E-state index in [-0.39, 0.29) is 0 Å². The third-order valence-corrected chi connectivity index (χ3v) is 4.77. The maximum Gasteiger partial charge on any atom is 0.0233 e. The number of hydrogen-bond acceptors (Lipinski definition) is 2. The molecule has 2 rings (SSSR count). The first-order valence-electron chi connectivity index (χ1n) is 8.50. The molecule has 0 saturated carbocycles. The second kappa shape index (κ2) is 7.42. The average molecular weight is 288 g/mol. The van der Waals surface area contributed by atoms with Crippen molar-refractivity contribution < 1.29 is 0 Å². The predicted molar refractivity (Wildman–Crippen MR) is 91.5 cm³/mol. The van der Waals surface area contributed by atoms with Crippen molar-refractivity contribution in [3.63, 3.8) is 0 Å². The SMILES string of the molecule is CCNCCc1ccc(CN2CCC(C(C)(C)C)C2)cc1. The monoisotopic (exact) mass is 288 g/mol. The first-order chi connectivity index (χ1) is 9.99. The molecule has 0 bridgehead atoms. The van der Waals surface area contributed by atoms with E-state index in [0.29, 0.717) is 5.41 Å². The van der Waals surface area contributed by atoms with E-state index in [0.717, 1.165) is 32.0 Å². The van der Waals surface area contributed by atoms with Crippen LogP contribution in [-0.2, 0) is 13.0 Å². The van der Waals surface area contributed by atoms with E-state index in [4.69, 9.17) is 0 Å². The van der Waals surface area contributed by atoms with Crippen LogP contribution in [0.2, 0.25) is 0 Å². The summed E-state index contributed by atoms with van der Waals surface area (Å²) in [7, 11) is 0. The fraction of sp³-hybridized carbons (Fsp3) is 0.684. The molecule has 1 heterocycles. The summed E-state index contributed by atoms with van der Waals surface area (Å²) in [4.78, 5) is 2.61. The smallest absolute Gasteiger partial charge is 0.0233 e. The number of nitrogens with one attached hydrogen (secondary N) is 1. The van der Waals surface area contributed by atoms with Crippen molar-refractivity contribution in [1.82, 2.24) is 10.2 Å². The lowest BCUT2D eigenvalue weighted by Crippen LogP contribution is -2.25. The Bertz CT molecular complexity index is 416. The minimum Gasteiger partial charge on any atom is -0.317 e. The molecule has 0 spiro atoms. The standard InChI is InChI=1S/C19H32N2/c1-5-20-12-10-16-6-8-17(9-7-16)14-21-13-11-18(15-21)19(2,3)4/h6-9,18,20H,5,10-15H2,1-4H3. The third-order valence-electron chi connectivity index (χ3n) is 4.77. The molecule has 1 aliphatic rings. The Morgan fingerprint density at radius 2 is 1.81 bits per heavy atom. The quantitative estimate of drug-likeness (QED) is 0.803. The minimum absolute atomic E-state index is 0.449. The van der Waals surface area contributed by atoms with Gasteiger partial charge in [-0.25, -0.2) is 0 Å². The molecule has 1 saturated heterocycles. The molecule has 118 valence electrons. The summed E-state index contributed by atoms with van der Waals surface area (Å²) in [6.07, 6.45) is 2.48. The maximum atomic E-state index is 3.38. The van der Waals surface area contributed by atoms with Gasteiger partial charge in [0.1, 0.15) is 0 Å². The van der Waals surface area contributed by atoms with Gasteiger partial charge in [-0.05, 0) is 54.9 Å². The van der Waals surface area contributed by atoms with Gasteiger partial charge in [-0.3, -0.25) is 4.90 Å². The highest BCUT2D eigenvalue weighted by molar-refractivity contribution is 5.23. The molecule has 1 unspecified atom stereocenters. The lowest BCUT2D eigenvalue weighted by molar-refractivity contribution is 0.226. The highest BCUT2D eigenvalue weighted by Gasteiger charge is 2.31. The van der Waals surface area contributed by atoms with Crippen molar-refractivity contribution >= 4 is 0 Å². The summed E-state index contributed by atoms with van der Waals surface area (Å²) < 4.78 is 0. The lowest BCUT2D eigenvalue weighted by Gasteiger charge is -2.27. The van der Waals surface area contributed by atoms with Crippen LogP contribution in [-0.4, -0.2) is 31.1 Å². The second-order valence-corrected chi connectivity index (χ2v) is 7.51. The van der Waals surface area contributed by atoms with E-state index in [9.17, 15) is 0 Å². The molecule has 2 heteroatoms. The Hall–Kier alpha value is -0.860. The molecular formula is C19H32N2. The van der Waals surface area contributed by atoms with Crippen LogP contribution in [0.25, 0.3) is 0 Å². The zero-order valence-electron chi connectivity index (χ0n) is 14.3. The number of likely N-dealkylation sites (N-methyl/N-ethyl adjacent to an activating group) is 1. The molecule has 1 N–H and O–H groups in total. The van der Waals surface area contributed by atoms with Crippen LogP contribution in [0.15, 0.2) is 24.3 Å². The van der Waals surface area contributed by atoms with Crippen molar-refractivity contribution in [1.29, 1.82) is 0 Å². The first kappa shape index (κ1) is 16.5. The van der Waals surface area contributed by atoms with Gasteiger partial charge in [-0.2, -0.15) is 0 Å². The Morgan fingerprint density at radius 3 is 2.38 bits per heavy atom. The van der Waals surface area contributed by atoms with Crippen molar-refractivity contribution in [2.75, 3.05) is 26.2 Å². The number of likely N-dealkylation sites (tertiary alicyclic amines) is 1. The lowest BCUT2D eigenvalue weighted by atomic mass is 9.80. The summed E-state index contributed by atoms with van der Waals surface area (Å²) >= 11 is 0. The maximum absolute atomic E-state index is 3.38. The number of benzene rings is 1. The molecule has 1 aromatic rings. The fourth-order valence-electron chi connectivity index (χ4n) is 3.16. The van der Waals surface area contributed by atoms with Gasteiger partial charge in [0.2, 0.25) is 0 Å². The molecule has 0 aromatic heterocycles. The molecule has 1 fully saturated rings. The summed E-state index contributed by atoms with van der Waals surface area (Å²) in [5.41, 5.74) is 3.34. The van der Waals surface area contributed by atoms with Crippen molar-refractivity contribution in [2.45, 2.75) is 47.1 Å². The normalized spacial score (nSPS) is 20.1. The van der Waals surface area contributed by atoms with E-state index in [2.05, 4.69) is 62.2 Å². The molecule has 1 aromatic carbocycles. The van der Waals surface area contributed by atoms with Crippen LogP contribution < -0.4 is 5.32 Å². The van der Waals surface area contributed by atoms with Gasteiger partial charge in [0.25, 0.3) is 0 Å². The molecule has 1 atom stereocenters. The zero-order chi connectivity index (χ0) is 15.3. The predicted octanol–water partition coefficient (Wildman–Crippen LogP) is 3.71. The summed E-state index contributed by atoms with van der Waals surface area (Å²) in [5.74, 6) is 0.844. The molecule has 0 amide bonds. The molecule has 2 nitrogen and oxygen atoms in total. The Labute approximate surface area is 130 Å². The van der Waals surface area contributed by atoms with Gasteiger partial charge >= 0.3 is 0 Å². The van der Waals surface area contributed by atoms with E-state index in [1.807, 2.05) is 0 Å². The Morgan fingerprint density at radius 1 is 1.14 bits per heavy atom. The fourth-order valence-corrected chi connectivity index (χ4v) is 3.16. The largest absolute Gasteiger partial charge is 0.317 e. The molecular weight excluding hydrogens is 256 g/mol. The first-order valence-corrected chi connectivity index (χ1v) is 8.50. The highest BCUT2D eigenvalue weighted by atomic mass is 15.1. The van der Waals surface area contributed by atoms with Crippen LogP contribution in [0.5, 0.6) is 0 Å². The van der Waals surface area contributed by atoms with Gasteiger partial charge in [0, 0.05) is 13.1 Å². The van der Waals surface area contributed by atoms with Crippen LogP contribution in [0, 0.1) is 11.3 Å². The van der Waals surface area contributed by atoms with E-state index in [1.165, 1.54) is 30.6 Å². The minimum atomic E-state index is 0.449. The second-order valence-electron chi connectivity index (χ2n) is 7.51. The zero-order valence-corrected chi connectivity index (χ0v) is 14.3. The summed E-state index contributed by atoms with van der Waals surface area (Å²) in [6.45, 7) is 15.0. The molecule has 21 heavy (non-hydrogen) atoms. The van der Waals surface area contributed by atoms with Gasteiger partial charge in [0.05, 0.1) is 0 Å². The van der Waals surface area contributed by atoms with Gasteiger partial charge in [-0.15, -0.1) is 0 Å². The van der Waals surface area contributed by atoms with Gasteiger partial charge in [-0.1, -0.05) is 52.0 Å². The number of nitrogens with zero attached hydrogens (tertiary/aromatic N) is 1. The average Bonchev–Trinajstić information content (AvgIpc) is 2.90.